The molecule has 3 aromatic carbocycles. The van der Waals surface area contributed by atoms with Crippen LogP contribution in [0.5, 0.6) is 0 Å². The van der Waals surface area contributed by atoms with Crippen LogP contribution in [0.3, 0.4) is 0 Å². The molecule has 0 fully saturated rings. The van der Waals surface area contributed by atoms with Gasteiger partial charge >= 0.3 is 0 Å². The third kappa shape index (κ3) is 8.07. The van der Waals surface area contributed by atoms with Gasteiger partial charge in [-0.2, -0.15) is 0 Å². The molecule has 0 heterocycles. The minimum Gasteiger partial charge on any atom is -0.303 e. The van der Waals surface area contributed by atoms with Crippen LogP contribution in [-0.4, -0.2) is 6.54 Å². The number of benzene rings is 3. The Morgan fingerprint density at radius 1 is 0.543 bits per heavy atom. The summed E-state index contributed by atoms with van der Waals surface area (Å²) in [5.74, 6) is 0.293. The first-order valence-electron chi connectivity index (χ1n) is 14.2. The molecular weight excluding hydrogens is 422 g/mol. The highest BCUT2D eigenvalue weighted by Gasteiger charge is 2.39. The maximum Gasteiger partial charge on any atom is 0.0757 e. The molecule has 0 saturated heterocycles. The Balaban J connectivity index is 1.64. The fourth-order valence-electron chi connectivity index (χ4n) is 5.49. The van der Waals surface area contributed by atoms with Crippen LogP contribution in [0, 0.1) is 0 Å². The molecule has 3 rings (SSSR count). The normalized spacial score (nSPS) is 12.5. The Labute approximate surface area is 215 Å². The first-order chi connectivity index (χ1) is 17.3. The second-order valence-corrected chi connectivity index (χ2v) is 10.1. The van der Waals surface area contributed by atoms with E-state index in [1.807, 2.05) is 0 Å². The van der Waals surface area contributed by atoms with Crippen molar-refractivity contribution in [3.05, 3.63) is 108 Å². The second kappa shape index (κ2) is 15.6. The summed E-state index contributed by atoms with van der Waals surface area (Å²) >= 11 is 0. The Bertz CT molecular complexity index is 864. The highest BCUT2D eigenvalue weighted by atomic mass is 15.0. The Morgan fingerprint density at radius 3 is 1.40 bits per heavy atom. The molecule has 1 unspecified atom stereocenters. The van der Waals surface area contributed by atoms with E-state index < -0.39 is 0 Å². The van der Waals surface area contributed by atoms with Crippen LogP contribution in [0.1, 0.15) is 107 Å². The molecule has 188 valence electrons. The smallest absolute Gasteiger partial charge is 0.0757 e. The van der Waals surface area contributed by atoms with E-state index in [1.165, 1.54) is 87.3 Å². The van der Waals surface area contributed by atoms with Crippen LogP contribution in [0.2, 0.25) is 0 Å². The van der Waals surface area contributed by atoms with Gasteiger partial charge in [0.15, 0.2) is 0 Å². The number of nitrogens with one attached hydrogen (secondary N) is 1. The largest absolute Gasteiger partial charge is 0.303 e. The van der Waals surface area contributed by atoms with Crippen molar-refractivity contribution in [1.82, 2.24) is 5.32 Å². The van der Waals surface area contributed by atoms with E-state index in [0.29, 0.717) is 5.92 Å². The van der Waals surface area contributed by atoms with E-state index in [1.54, 1.807) is 0 Å². The van der Waals surface area contributed by atoms with Gasteiger partial charge in [-0.05, 0) is 29.7 Å². The van der Waals surface area contributed by atoms with E-state index in [0.717, 1.165) is 6.54 Å². The fourth-order valence-corrected chi connectivity index (χ4v) is 5.49. The molecule has 0 aliphatic heterocycles. The van der Waals surface area contributed by atoms with Crippen molar-refractivity contribution in [1.29, 1.82) is 0 Å². The molecule has 0 saturated carbocycles. The van der Waals surface area contributed by atoms with Crippen LogP contribution in [0.4, 0.5) is 0 Å². The summed E-state index contributed by atoms with van der Waals surface area (Å²) in [6, 6.07) is 33.1. The molecule has 0 aliphatic rings. The van der Waals surface area contributed by atoms with Crippen molar-refractivity contribution < 1.29 is 0 Å². The van der Waals surface area contributed by atoms with Crippen molar-refractivity contribution in [2.24, 2.45) is 0 Å². The number of hydrogen-bond acceptors (Lipinski definition) is 1. The van der Waals surface area contributed by atoms with Gasteiger partial charge < -0.3 is 5.32 Å². The van der Waals surface area contributed by atoms with Crippen LogP contribution >= 0.6 is 0 Å². The zero-order valence-electron chi connectivity index (χ0n) is 22.2. The SMILES string of the molecule is CCCCCCCCCCCCCNC(c1ccccc1)(c1ccccc1)C(C)c1ccccc1. The molecule has 0 aromatic heterocycles. The minimum absolute atomic E-state index is 0.262. The van der Waals surface area contributed by atoms with Gasteiger partial charge in [-0.25, -0.2) is 0 Å². The molecule has 0 amide bonds. The average Bonchev–Trinajstić information content (AvgIpc) is 2.93. The first kappa shape index (κ1) is 27.2. The molecule has 0 aliphatic carbocycles. The van der Waals surface area contributed by atoms with Crippen LogP contribution in [-0.2, 0) is 5.54 Å². The zero-order valence-corrected chi connectivity index (χ0v) is 22.2. The second-order valence-electron chi connectivity index (χ2n) is 10.1. The molecular formula is C34H47N. The maximum atomic E-state index is 4.09. The predicted octanol–water partition coefficient (Wildman–Crippen LogP) is 9.63. The lowest BCUT2D eigenvalue weighted by Crippen LogP contribution is -2.48. The van der Waals surface area contributed by atoms with Crippen molar-refractivity contribution in [2.75, 3.05) is 6.54 Å². The van der Waals surface area contributed by atoms with E-state index in [2.05, 4.69) is 110 Å². The molecule has 35 heavy (non-hydrogen) atoms. The molecule has 1 atom stereocenters. The van der Waals surface area contributed by atoms with Crippen molar-refractivity contribution in [2.45, 2.75) is 95.9 Å². The van der Waals surface area contributed by atoms with Gasteiger partial charge in [-0.15, -0.1) is 0 Å². The summed E-state index contributed by atoms with van der Waals surface area (Å²) in [4.78, 5) is 0. The van der Waals surface area contributed by atoms with Gasteiger partial charge in [-0.1, -0.05) is 169 Å². The van der Waals surface area contributed by atoms with Gasteiger partial charge in [0, 0.05) is 5.92 Å². The summed E-state index contributed by atoms with van der Waals surface area (Å²) in [7, 11) is 0. The van der Waals surface area contributed by atoms with Crippen LogP contribution < -0.4 is 5.32 Å². The monoisotopic (exact) mass is 469 g/mol. The number of rotatable bonds is 17. The van der Waals surface area contributed by atoms with Gasteiger partial charge in [0.2, 0.25) is 0 Å². The summed E-state index contributed by atoms with van der Waals surface area (Å²) in [5, 5.41) is 4.09. The highest BCUT2D eigenvalue weighted by Crippen LogP contribution is 2.42. The number of unbranched alkanes of at least 4 members (excludes halogenated alkanes) is 10. The molecule has 1 nitrogen and oxygen atoms in total. The molecule has 0 bridgehead atoms. The van der Waals surface area contributed by atoms with Gasteiger partial charge in [-0.3, -0.25) is 0 Å². The lowest BCUT2D eigenvalue weighted by molar-refractivity contribution is 0.337. The molecule has 3 aromatic rings. The van der Waals surface area contributed by atoms with Crippen LogP contribution in [0.15, 0.2) is 91.0 Å². The van der Waals surface area contributed by atoms with E-state index in [4.69, 9.17) is 0 Å². The lowest BCUT2D eigenvalue weighted by atomic mass is 9.71. The molecule has 1 N–H and O–H groups in total. The summed E-state index contributed by atoms with van der Waals surface area (Å²) < 4.78 is 0. The van der Waals surface area contributed by atoms with Gasteiger partial charge in [0.1, 0.15) is 0 Å². The third-order valence-electron chi connectivity index (χ3n) is 7.59. The van der Waals surface area contributed by atoms with E-state index in [-0.39, 0.29) is 5.54 Å². The minimum atomic E-state index is -0.262. The van der Waals surface area contributed by atoms with Gasteiger partial charge in [0.25, 0.3) is 0 Å². The van der Waals surface area contributed by atoms with Crippen molar-refractivity contribution in [3.8, 4) is 0 Å². The third-order valence-corrected chi connectivity index (χ3v) is 7.59. The Morgan fingerprint density at radius 2 is 0.943 bits per heavy atom. The summed E-state index contributed by atoms with van der Waals surface area (Å²) in [6.45, 7) is 5.70. The fraction of sp³-hybridized carbons (Fsp3) is 0.471. The summed E-state index contributed by atoms with van der Waals surface area (Å²) in [5.41, 5.74) is 3.78. The standard InChI is InChI=1S/C34H47N/c1-3-4-5-6-7-8-9-10-11-12-22-29-35-34(32-25-18-14-19-26-32,33-27-20-15-21-28-33)30(2)31-23-16-13-17-24-31/h13-21,23-28,30,35H,3-12,22,29H2,1-2H3. The summed E-state index contributed by atoms with van der Waals surface area (Å²) in [6.07, 6.45) is 15.1. The van der Waals surface area contributed by atoms with Crippen molar-refractivity contribution in [3.63, 3.8) is 0 Å². The van der Waals surface area contributed by atoms with E-state index in [9.17, 15) is 0 Å². The quantitative estimate of drug-likeness (QED) is 0.194. The highest BCUT2D eigenvalue weighted by molar-refractivity contribution is 5.43. The number of hydrogen-bond donors (Lipinski definition) is 1. The van der Waals surface area contributed by atoms with Crippen LogP contribution in [0.25, 0.3) is 0 Å². The molecule has 1 heteroatoms. The topological polar surface area (TPSA) is 12.0 Å². The van der Waals surface area contributed by atoms with Gasteiger partial charge in [0.05, 0.1) is 5.54 Å². The zero-order chi connectivity index (χ0) is 24.6. The Hall–Kier alpha value is -2.38. The molecule has 0 radical (unpaired) electrons. The van der Waals surface area contributed by atoms with E-state index >= 15 is 0 Å². The average molecular weight is 470 g/mol. The molecule has 0 spiro atoms. The maximum absolute atomic E-state index is 4.09. The lowest BCUT2D eigenvalue weighted by Gasteiger charge is -2.42. The predicted molar refractivity (Wildman–Crippen MR) is 153 cm³/mol. The van der Waals surface area contributed by atoms with Crippen molar-refractivity contribution >= 4 is 0 Å². The Kier molecular flexibility index (Phi) is 12.1. The first-order valence-corrected chi connectivity index (χ1v) is 14.2.